The quantitative estimate of drug-likeness (QED) is 0.476. The van der Waals surface area contributed by atoms with Crippen molar-refractivity contribution in [2.45, 2.75) is 12.5 Å². The molecule has 0 aromatic rings. The number of aliphatic carboxylic acids is 1. The van der Waals surface area contributed by atoms with Gasteiger partial charge in [-0.25, -0.2) is 0 Å². The predicted octanol–water partition coefficient (Wildman–Crippen LogP) is -0.894. The van der Waals surface area contributed by atoms with E-state index in [-0.39, 0.29) is 5.57 Å². The molecule has 0 amide bonds. The Morgan fingerprint density at radius 2 is 2.12 bits per heavy atom. The fraction of sp³-hybridized carbons (Fsp3) is 0.500. The molecule has 7 nitrogen and oxygen atoms in total. The highest BCUT2D eigenvalue weighted by atomic mass is 31.2. The first-order valence-corrected chi connectivity index (χ1v) is 6.35. The Kier molecular flexibility index (Phi) is 3.98. The molecular weight excluding hydrogens is 237 g/mol. The van der Waals surface area contributed by atoms with Gasteiger partial charge in [-0.1, -0.05) is 6.08 Å². The van der Waals surface area contributed by atoms with Gasteiger partial charge >= 0.3 is 13.6 Å². The molecule has 0 spiro atoms. The van der Waals surface area contributed by atoms with Gasteiger partial charge in [0.05, 0.1) is 0 Å². The monoisotopic (exact) mass is 249 g/mol. The number of carboxylic acid groups (broad SMARTS) is 1. The molecule has 0 aromatic heterocycles. The van der Waals surface area contributed by atoms with E-state index in [1.807, 2.05) is 0 Å². The summed E-state index contributed by atoms with van der Waals surface area (Å²) in [6.45, 7) is 0.420. The van der Waals surface area contributed by atoms with Crippen LogP contribution < -0.4 is 5.32 Å². The molecule has 0 saturated heterocycles. The number of carbonyl (C=O) groups is 2. The molecule has 1 rings (SSSR count). The van der Waals surface area contributed by atoms with Gasteiger partial charge in [0, 0.05) is 5.57 Å². The first-order chi connectivity index (χ1) is 7.31. The Bertz CT molecular complexity index is 384. The molecule has 8 heteroatoms. The molecule has 1 aliphatic rings. The molecule has 0 bridgehead atoms. The number of hydrogen-bond acceptors (Lipinski definition) is 4. The zero-order valence-electron chi connectivity index (χ0n) is 8.29. The fourth-order valence-corrected chi connectivity index (χ4v) is 2.01. The molecule has 0 radical (unpaired) electrons. The third kappa shape index (κ3) is 3.53. The van der Waals surface area contributed by atoms with Crippen molar-refractivity contribution in [1.82, 2.24) is 5.32 Å². The van der Waals surface area contributed by atoms with Crippen molar-refractivity contribution < 1.29 is 29.0 Å². The summed E-state index contributed by atoms with van der Waals surface area (Å²) in [5.74, 6) is -2.06. The summed E-state index contributed by atoms with van der Waals surface area (Å²) in [5, 5.41) is 11.4. The molecule has 0 aliphatic carbocycles. The second kappa shape index (κ2) is 4.88. The highest BCUT2D eigenvalue weighted by Crippen LogP contribution is 2.35. The number of nitrogens with one attached hydrogen (secondary N) is 1. The van der Waals surface area contributed by atoms with Crippen LogP contribution in [-0.2, 0) is 14.2 Å². The second-order valence-corrected chi connectivity index (χ2v) is 5.07. The highest BCUT2D eigenvalue weighted by Gasteiger charge is 2.31. The summed E-state index contributed by atoms with van der Waals surface area (Å²) in [6.07, 6.45) is 0.920. The van der Waals surface area contributed by atoms with Crippen LogP contribution >= 0.6 is 7.60 Å². The molecule has 16 heavy (non-hydrogen) atoms. The highest BCUT2D eigenvalue weighted by molar-refractivity contribution is 7.52. The van der Waals surface area contributed by atoms with Gasteiger partial charge in [-0.15, -0.1) is 0 Å². The SMILES string of the molecule is O=C(CP(=O)(O)O)C1=CCCN[C@H]1C(=O)O. The summed E-state index contributed by atoms with van der Waals surface area (Å²) in [5.41, 5.74) is -0.0814. The lowest BCUT2D eigenvalue weighted by Crippen LogP contribution is -2.43. The predicted molar refractivity (Wildman–Crippen MR) is 54.0 cm³/mol. The van der Waals surface area contributed by atoms with Gasteiger partial charge in [-0.2, -0.15) is 0 Å². The van der Waals surface area contributed by atoms with E-state index in [1.54, 1.807) is 0 Å². The lowest BCUT2D eigenvalue weighted by molar-refractivity contribution is -0.139. The van der Waals surface area contributed by atoms with Gasteiger partial charge in [-0.3, -0.25) is 14.2 Å². The van der Waals surface area contributed by atoms with Crippen LogP contribution in [0.5, 0.6) is 0 Å². The zero-order chi connectivity index (χ0) is 12.3. The topological polar surface area (TPSA) is 124 Å². The summed E-state index contributed by atoms with van der Waals surface area (Å²) in [6, 6.07) is -1.17. The maximum absolute atomic E-state index is 11.5. The molecule has 0 fully saturated rings. The Hall–Kier alpha value is -1.01. The third-order valence-electron chi connectivity index (χ3n) is 2.09. The van der Waals surface area contributed by atoms with E-state index in [0.29, 0.717) is 13.0 Å². The number of carbonyl (C=O) groups excluding carboxylic acids is 1. The standard InChI is InChI=1S/C8H12NO6P/c10-6(4-16(13,14)15)5-2-1-3-9-7(5)8(11)12/h2,7,9H,1,3-4H2,(H,11,12)(H2,13,14,15)/t7-/m1/s1. The Morgan fingerprint density at radius 1 is 1.50 bits per heavy atom. The van der Waals surface area contributed by atoms with E-state index in [0.717, 1.165) is 0 Å². The maximum Gasteiger partial charge on any atom is 0.333 e. The summed E-state index contributed by atoms with van der Waals surface area (Å²) in [4.78, 5) is 39.5. The lowest BCUT2D eigenvalue weighted by Gasteiger charge is -2.21. The molecule has 4 N–H and O–H groups in total. The van der Waals surface area contributed by atoms with Crippen LogP contribution in [0.25, 0.3) is 0 Å². The molecule has 0 aromatic carbocycles. The smallest absolute Gasteiger partial charge is 0.333 e. The minimum atomic E-state index is -4.46. The van der Waals surface area contributed by atoms with Crippen molar-refractivity contribution in [3.63, 3.8) is 0 Å². The summed E-state index contributed by atoms with van der Waals surface area (Å²) < 4.78 is 10.6. The molecule has 0 saturated carbocycles. The van der Waals surface area contributed by atoms with E-state index in [4.69, 9.17) is 14.9 Å². The number of rotatable bonds is 4. The van der Waals surface area contributed by atoms with Crippen LogP contribution in [-0.4, -0.2) is 45.4 Å². The van der Waals surface area contributed by atoms with Crippen molar-refractivity contribution in [3.05, 3.63) is 11.6 Å². The molecule has 90 valence electrons. The van der Waals surface area contributed by atoms with Gasteiger partial charge in [0.15, 0.2) is 5.78 Å². The van der Waals surface area contributed by atoms with Gasteiger partial charge in [-0.05, 0) is 13.0 Å². The minimum absolute atomic E-state index is 0.0814. The molecular formula is C8H12NO6P. The van der Waals surface area contributed by atoms with Crippen molar-refractivity contribution >= 4 is 19.3 Å². The van der Waals surface area contributed by atoms with Crippen LogP contribution in [0.4, 0.5) is 0 Å². The third-order valence-corrected chi connectivity index (χ3v) is 2.79. The first-order valence-electron chi connectivity index (χ1n) is 4.55. The van der Waals surface area contributed by atoms with Gasteiger partial charge in [0.1, 0.15) is 12.2 Å². The number of Topliss-reactive ketones (excluding diaryl/α,β-unsaturated/α-hetero) is 1. The summed E-state index contributed by atoms with van der Waals surface area (Å²) >= 11 is 0. The number of hydrogen-bond donors (Lipinski definition) is 4. The van der Waals surface area contributed by atoms with Crippen molar-refractivity contribution in [2.24, 2.45) is 0 Å². The molecule has 1 heterocycles. The average Bonchev–Trinajstić information content (AvgIpc) is 2.15. The van der Waals surface area contributed by atoms with E-state index in [2.05, 4.69) is 5.32 Å². The molecule has 1 aliphatic heterocycles. The van der Waals surface area contributed by atoms with Gasteiger partial charge in [0.2, 0.25) is 0 Å². The minimum Gasteiger partial charge on any atom is -0.480 e. The van der Waals surface area contributed by atoms with E-state index < -0.39 is 31.6 Å². The largest absolute Gasteiger partial charge is 0.480 e. The Balaban J connectivity index is 2.84. The van der Waals surface area contributed by atoms with E-state index in [9.17, 15) is 14.2 Å². The summed E-state index contributed by atoms with van der Waals surface area (Å²) in [7, 11) is -4.46. The fourth-order valence-electron chi connectivity index (χ4n) is 1.46. The van der Waals surface area contributed by atoms with Crippen LogP contribution in [0.15, 0.2) is 11.6 Å². The lowest BCUT2D eigenvalue weighted by atomic mass is 9.99. The van der Waals surface area contributed by atoms with Gasteiger partial charge in [0.25, 0.3) is 0 Å². The second-order valence-electron chi connectivity index (χ2n) is 3.42. The number of carboxylic acids is 1. The van der Waals surface area contributed by atoms with E-state index in [1.165, 1.54) is 6.08 Å². The normalized spacial score (nSPS) is 21.4. The van der Waals surface area contributed by atoms with Crippen LogP contribution in [0.3, 0.4) is 0 Å². The first kappa shape index (κ1) is 13.1. The van der Waals surface area contributed by atoms with Crippen molar-refractivity contribution in [3.8, 4) is 0 Å². The van der Waals surface area contributed by atoms with Crippen LogP contribution in [0, 0.1) is 0 Å². The zero-order valence-corrected chi connectivity index (χ0v) is 9.18. The van der Waals surface area contributed by atoms with E-state index >= 15 is 0 Å². The van der Waals surface area contributed by atoms with Crippen LogP contribution in [0.1, 0.15) is 6.42 Å². The number of ketones is 1. The van der Waals surface area contributed by atoms with Gasteiger partial charge < -0.3 is 20.2 Å². The molecule has 1 atom stereocenters. The Morgan fingerprint density at radius 3 is 2.62 bits per heavy atom. The molecule has 0 unspecified atom stereocenters. The van der Waals surface area contributed by atoms with Crippen LogP contribution in [0.2, 0.25) is 0 Å². The Labute approximate surface area is 91.3 Å². The average molecular weight is 249 g/mol. The van der Waals surface area contributed by atoms with Crippen molar-refractivity contribution in [1.29, 1.82) is 0 Å². The maximum atomic E-state index is 11.5. The van der Waals surface area contributed by atoms with Crippen molar-refractivity contribution in [2.75, 3.05) is 12.7 Å².